The molecule has 0 fully saturated rings. The van der Waals surface area contributed by atoms with Crippen molar-refractivity contribution in [2.75, 3.05) is 0 Å². The zero-order valence-corrected chi connectivity index (χ0v) is 10.9. The molecule has 0 heterocycles. The minimum absolute atomic E-state index is 0.138. The lowest BCUT2D eigenvalue weighted by atomic mass is 10.1. The molecule has 0 saturated carbocycles. The first-order valence-corrected chi connectivity index (χ1v) is 6.05. The summed E-state index contributed by atoms with van der Waals surface area (Å²) in [6.45, 7) is 0.138. The zero-order chi connectivity index (χ0) is 13.0. The van der Waals surface area contributed by atoms with E-state index in [1.54, 1.807) is 24.3 Å². The van der Waals surface area contributed by atoms with E-state index >= 15 is 0 Å². The first kappa shape index (κ1) is 12.6. The standard InChI is InChI=1S/C14H9BrFNO/c15-12-3-5-13(6-4-12)18-9-11-2-1-10(8-17)7-14(11)16/h1-7H,9H2. The average Bonchev–Trinajstić information content (AvgIpc) is 2.39. The highest BCUT2D eigenvalue weighted by atomic mass is 79.9. The van der Waals surface area contributed by atoms with E-state index in [1.165, 1.54) is 6.07 Å². The minimum atomic E-state index is -0.425. The molecular weight excluding hydrogens is 297 g/mol. The summed E-state index contributed by atoms with van der Waals surface area (Å²) in [5.41, 5.74) is 0.733. The Labute approximate surface area is 113 Å². The monoisotopic (exact) mass is 305 g/mol. The third kappa shape index (κ3) is 3.08. The molecule has 0 aromatic heterocycles. The average molecular weight is 306 g/mol. The van der Waals surface area contributed by atoms with Gasteiger partial charge in [-0.2, -0.15) is 5.26 Å². The predicted octanol–water partition coefficient (Wildman–Crippen LogP) is 4.04. The van der Waals surface area contributed by atoms with E-state index in [4.69, 9.17) is 10.00 Å². The Morgan fingerprint density at radius 3 is 2.50 bits per heavy atom. The van der Waals surface area contributed by atoms with E-state index < -0.39 is 5.82 Å². The van der Waals surface area contributed by atoms with Crippen molar-refractivity contribution in [1.82, 2.24) is 0 Å². The Morgan fingerprint density at radius 1 is 1.17 bits per heavy atom. The van der Waals surface area contributed by atoms with Crippen molar-refractivity contribution < 1.29 is 9.13 Å². The number of rotatable bonds is 3. The van der Waals surface area contributed by atoms with Crippen molar-refractivity contribution in [3.05, 3.63) is 63.9 Å². The highest BCUT2D eigenvalue weighted by Gasteiger charge is 2.04. The fourth-order valence-electron chi connectivity index (χ4n) is 1.43. The molecule has 0 spiro atoms. The number of nitrogens with zero attached hydrogens (tertiary/aromatic N) is 1. The number of benzene rings is 2. The zero-order valence-electron chi connectivity index (χ0n) is 9.36. The molecular formula is C14H9BrFNO. The molecule has 0 atom stereocenters. The van der Waals surface area contributed by atoms with Crippen LogP contribution in [0, 0.1) is 17.1 Å². The van der Waals surface area contributed by atoms with E-state index in [0.717, 1.165) is 4.47 Å². The highest BCUT2D eigenvalue weighted by Crippen LogP contribution is 2.18. The van der Waals surface area contributed by atoms with Gasteiger partial charge >= 0.3 is 0 Å². The topological polar surface area (TPSA) is 33.0 Å². The van der Waals surface area contributed by atoms with Crippen LogP contribution in [0.4, 0.5) is 4.39 Å². The number of hydrogen-bond acceptors (Lipinski definition) is 2. The molecule has 2 nitrogen and oxygen atoms in total. The summed E-state index contributed by atoms with van der Waals surface area (Å²) >= 11 is 3.32. The Morgan fingerprint density at radius 2 is 1.89 bits per heavy atom. The van der Waals surface area contributed by atoms with Crippen LogP contribution in [-0.4, -0.2) is 0 Å². The molecule has 0 aliphatic rings. The summed E-state index contributed by atoms with van der Waals surface area (Å²) in [5.74, 6) is 0.244. The van der Waals surface area contributed by atoms with Crippen LogP contribution in [0.25, 0.3) is 0 Å². The number of halogens is 2. The summed E-state index contributed by atoms with van der Waals surface area (Å²) in [6, 6.07) is 13.5. The largest absolute Gasteiger partial charge is 0.489 e. The second-order valence-electron chi connectivity index (χ2n) is 3.66. The van der Waals surface area contributed by atoms with Crippen LogP contribution < -0.4 is 4.74 Å². The van der Waals surface area contributed by atoms with Crippen molar-refractivity contribution in [3.8, 4) is 11.8 Å². The first-order chi connectivity index (χ1) is 8.69. The number of nitriles is 1. The van der Waals surface area contributed by atoms with Crippen molar-refractivity contribution in [3.63, 3.8) is 0 Å². The molecule has 4 heteroatoms. The Balaban J connectivity index is 2.06. The van der Waals surface area contributed by atoms with E-state index in [2.05, 4.69) is 15.9 Å². The van der Waals surface area contributed by atoms with Crippen molar-refractivity contribution >= 4 is 15.9 Å². The second kappa shape index (κ2) is 5.65. The molecule has 0 N–H and O–H groups in total. The molecule has 0 saturated heterocycles. The smallest absolute Gasteiger partial charge is 0.131 e. The number of hydrogen-bond donors (Lipinski definition) is 0. The lowest BCUT2D eigenvalue weighted by molar-refractivity contribution is 0.300. The van der Waals surface area contributed by atoms with Crippen LogP contribution in [0.15, 0.2) is 46.9 Å². The molecule has 0 bridgehead atoms. The molecule has 0 aliphatic carbocycles. The van der Waals surface area contributed by atoms with Gasteiger partial charge in [-0.05, 0) is 36.4 Å². The van der Waals surface area contributed by atoms with Gasteiger partial charge in [0.2, 0.25) is 0 Å². The Hall–Kier alpha value is -1.86. The van der Waals surface area contributed by atoms with Gasteiger partial charge in [-0.3, -0.25) is 0 Å². The van der Waals surface area contributed by atoms with Gasteiger partial charge in [0.1, 0.15) is 18.2 Å². The van der Waals surface area contributed by atoms with Gasteiger partial charge < -0.3 is 4.74 Å². The van der Waals surface area contributed by atoms with Crippen LogP contribution in [0.5, 0.6) is 5.75 Å². The van der Waals surface area contributed by atoms with Crippen LogP contribution in [0.2, 0.25) is 0 Å². The maximum Gasteiger partial charge on any atom is 0.131 e. The van der Waals surface area contributed by atoms with Crippen LogP contribution >= 0.6 is 15.9 Å². The molecule has 0 radical (unpaired) electrons. The van der Waals surface area contributed by atoms with Gasteiger partial charge in [-0.1, -0.05) is 22.0 Å². The van der Waals surface area contributed by atoms with E-state index in [0.29, 0.717) is 16.9 Å². The molecule has 0 amide bonds. The second-order valence-corrected chi connectivity index (χ2v) is 4.58. The van der Waals surface area contributed by atoms with Crippen molar-refractivity contribution in [1.29, 1.82) is 5.26 Å². The summed E-state index contributed by atoms with van der Waals surface area (Å²) in [6.07, 6.45) is 0. The summed E-state index contributed by atoms with van der Waals surface area (Å²) in [4.78, 5) is 0. The normalized spacial score (nSPS) is 9.83. The third-order valence-corrected chi connectivity index (χ3v) is 2.92. The van der Waals surface area contributed by atoms with Crippen molar-refractivity contribution in [2.24, 2.45) is 0 Å². The molecule has 0 unspecified atom stereocenters. The molecule has 18 heavy (non-hydrogen) atoms. The molecule has 90 valence electrons. The molecule has 0 aliphatic heterocycles. The van der Waals surface area contributed by atoms with Gasteiger partial charge in [0.25, 0.3) is 0 Å². The SMILES string of the molecule is N#Cc1ccc(COc2ccc(Br)cc2)c(F)c1. The van der Waals surface area contributed by atoms with Gasteiger partial charge in [0.05, 0.1) is 11.6 Å². The quantitative estimate of drug-likeness (QED) is 0.857. The fourth-order valence-corrected chi connectivity index (χ4v) is 1.69. The van der Waals surface area contributed by atoms with Gasteiger partial charge in [0.15, 0.2) is 0 Å². The maximum absolute atomic E-state index is 13.6. The molecule has 2 aromatic rings. The van der Waals surface area contributed by atoms with E-state index in [-0.39, 0.29) is 6.61 Å². The van der Waals surface area contributed by atoms with Gasteiger partial charge in [-0.25, -0.2) is 4.39 Å². The van der Waals surface area contributed by atoms with Crippen LogP contribution in [0.1, 0.15) is 11.1 Å². The predicted molar refractivity (Wildman–Crippen MR) is 69.6 cm³/mol. The van der Waals surface area contributed by atoms with Crippen LogP contribution in [0.3, 0.4) is 0 Å². The van der Waals surface area contributed by atoms with Gasteiger partial charge in [0, 0.05) is 10.0 Å². The summed E-state index contributed by atoms with van der Waals surface area (Å²) in [5, 5.41) is 8.63. The minimum Gasteiger partial charge on any atom is -0.489 e. The third-order valence-electron chi connectivity index (χ3n) is 2.39. The lowest BCUT2D eigenvalue weighted by Crippen LogP contribution is -1.98. The van der Waals surface area contributed by atoms with E-state index in [1.807, 2.05) is 18.2 Å². The van der Waals surface area contributed by atoms with E-state index in [9.17, 15) is 4.39 Å². The lowest BCUT2D eigenvalue weighted by Gasteiger charge is -2.07. The fraction of sp³-hybridized carbons (Fsp3) is 0.0714. The highest BCUT2D eigenvalue weighted by molar-refractivity contribution is 9.10. The Bertz CT molecular complexity index is 590. The molecule has 2 aromatic carbocycles. The maximum atomic E-state index is 13.6. The van der Waals surface area contributed by atoms with Gasteiger partial charge in [-0.15, -0.1) is 0 Å². The van der Waals surface area contributed by atoms with Crippen LogP contribution in [-0.2, 0) is 6.61 Å². The summed E-state index contributed by atoms with van der Waals surface area (Å²) < 4.78 is 20.0. The Kier molecular flexibility index (Phi) is 3.96. The number of ether oxygens (including phenoxy) is 1. The first-order valence-electron chi connectivity index (χ1n) is 5.26. The molecule has 2 rings (SSSR count). The van der Waals surface area contributed by atoms with Crippen molar-refractivity contribution in [2.45, 2.75) is 6.61 Å². The summed E-state index contributed by atoms with van der Waals surface area (Å²) in [7, 11) is 0.